The van der Waals surface area contributed by atoms with Gasteiger partial charge in [0.1, 0.15) is 23.7 Å². The van der Waals surface area contributed by atoms with Crippen LogP contribution in [-0.4, -0.2) is 60.9 Å². The first kappa shape index (κ1) is 24.3. The van der Waals surface area contributed by atoms with E-state index >= 15 is 0 Å². The Morgan fingerprint density at radius 3 is 2.42 bits per heavy atom. The smallest absolute Gasteiger partial charge is 0.253 e. The average molecular weight is 538 g/mol. The molecular weight excluding hydrogens is 508 g/mol. The van der Waals surface area contributed by atoms with Gasteiger partial charge in [-0.1, -0.05) is 11.6 Å². The van der Waals surface area contributed by atoms with E-state index in [-0.39, 0.29) is 12.5 Å². The van der Waals surface area contributed by atoms with E-state index in [4.69, 9.17) is 21.1 Å². The number of hydrogen-bond acceptors (Lipinski definition) is 5. The number of carbonyl (C=O) groups excluding carboxylic acids is 1. The van der Waals surface area contributed by atoms with Crippen molar-refractivity contribution in [3.8, 4) is 11.5 Å². The zero-order valence-electron chi connectivity index (χ0n) is 18.6. The molecule has 2 aliphatic rings. The summed E-state index contributed by atoms with van der Waals surface area (Å²) in [4.78, 5) is 14.7. The predicted molar refractivity (Wildman–Crippen MR) is 132 cm³/mol. The highest BCUT2D eigenvalue weighted by atomic mass is 79.9. The summed E-state index contributed by atoms with van der Waals surface area (Å²) in [5, 5.41) is 14.9. The molecule has 6 nitrogen and oxygen atoms in total. The van der Waals surface area contributed by atoms with Crippen molar-refractivity contribution in [3.63, 3.8) is 0 Å². The molecule has 2 N–H and O–H groups in total. The van der Waals surface area contributed by atoms with Gasteiger partial charge in [-0.25, -0.2) is 0 Å². The van der Waals surface area contributed by atoms with Gasteiger partial charge in [0.25, 0.3) is 5.91 Å². The van der Waals surface area contributed by atoms with Crippen LogP contribution in [-0.2, 0) is 0 Å². The van der Waals surface area contributed by atoms with Crippen LogP contribution < -0.4 is 14.8 Å². The third kappa shape index (κ3) is 6.63. The Hall–Kier alpha value is -1.80. The molecule has 2 aromatic rings. The molecule has 0 atom stereocenters. The number of hydrogen-bond donors (Lipinski definition) is 2. The Morgan fingerprint density at radius 2 is 1.76 bits per heavy atom. The lowest BCUT2D eigenvalue weighted by atomic mass is 9.92. The highest BCUT2D eigenvalue weighted by Gasteiger charge is 2.35. The molecule has 2 fully saturated rings. The highest BCUT2D eigenvalue weighted by Crippen LogP contribution is 2.29. The molecule has 33 heavy (non-hydrogen) atoms. The molecule has 1 amide bonds. The van der Waals surface area contributed by atoms with Gasteiger partial charge in [-0.15, -0.1) is 0 Å². The Bertz CT molecular complexity index is 942. The number of halogens is 2. The third-order valence-electron chi connectivity index (χ3n) is 6.43. The summed E-state index contributed by atoms with van der Waals surface area (Å²) < 4.78 is 12.5. The second kappa shape index (κ2) is 11.1. The van der Waals surface area contributed by atoms with E-state index < -0.39 is 5.60 Å². The Labute approximate surface area is 208 Å². The van der Waals surface area contributed by atoms with Crippen molar-refractivity contribution in [2.45, 2.75) is 31.3 Å². The maximum absolute atomic E-state index is 12.9. The van der Waals surface area contributed by atoms with Crippen LogP contribution in [0.15, 0.2) is 46.9 Å². The molecule has 4 rings (SSSR count). The summed E-state index contributed by atoms with van der Waals surface area (Å²) in [6.45, 7) is 3.96. The molecule has 0 aromatic heterocycles. The number of rotatable bonds is 7. The number of benzene rings is 2. The fraction of sp³-hybridized carbons (Fsp3) is 0.480. The van der Waals surface area contributed by atoms with Crippen molar-refractivity contribution in [1.29, 1.82) is 0 Å². The van der Waals surface area contributed by atoms with Gasteiger partial charge in [0.05, 0.1) is 11.6 Å². The van der Waals surface area contributed by atoms with Gasteiger partial charge < -0.3 is 24.8 Å². The number of ether oxygens (including phenoxy) is 2. The van der Waals surface area contributed by atoms with Gasteiger partial charge in [-0.05, 0) is 103 Å². The van der Waals surface area contributed by atoms with Gasteiger partial charge in [0.15, 0.2) is 0 Å². The van der Waals surface area contributed by atoms with E-state index in [1.54, 1.807) is 23.1 Å². The second-order valence-electron chi connectivity index (χ2n) is 8.91. The van der Waals surface area contributed by atoms with Crippen molar-refractivity contribution < 1.29 is 19.4 Å². The van der Waals surface area contributed by atoms with Crippen molar-refractivity contribution in [2.24, 2.45) is 5.92 Å². The molecule has 0 saturated carbocycles. The number of nitrogens with zero attached hydrogens (tertiary/aromatic N) is 1. The van der Waals surface area contributed by atoms with Gasteiger partial charge in [0.2, 0.25) is 0 Å². The van der Waals surface area contributed by atoms with Crippen molar-refractivity contribution in [1.82, 2.24) is 10.2 Å². The SMILES string of the molecule is O=C(c1ccc(OCC2CCNCC2)cc1)N1CCC(O)(COc2ccc(Cl)c(Br)c2)CC1. The number of aliphatic hydroxyl groups is 1. The lowest BCUT2D eigenvalue weighted by molar-refractivity contribution is -0.0475. The predicted octanol–water partition coefficient (Wildman–Crippen LogP) is 4.53. The molecule has 8 heteroatoms. The highest BCUT2D eigenvalue weighted by molar-refractivity contribution is 9.10. The Morgan fingerprint density at radius 1 is 1.09 bits per heavy atom. The van der Waals surface area contributed by atoms with Crippen LogP contribution in [0.4, 0.5) is 0 Å². The van der Waals surface area contributed by atoms with Gasteiger partial charge in [-0.2, -0.15) is 0 Å². The summed E-state index contributed by atoms with van der Waals surface area (Å²) >= 11 is 9.39. The fourth-order valence-electron chi connectivity index (χ4n) is 4.19. The van der Waals surface area contributed by atoms with Gasteiger partial charge in [0, 0.05) is 23.1 Å². The van der Waals surface area contributed by atoms with E-state index in [0.717, 1.165) is 36.2 Å². The normalized spacial score (nSPS) is 18.7. The maximum Gasteiger partial charge on any atom is 0.253 e. The molecule has 2 aromatic carbocycles. The summed E-state index contributed by atoms with van der Waals surface area (Å²) in [7, 11) is 0. The first-order valence-corrected chi connectivity index (χ1v) is 12.6. The van der Waals surface area contributed by atoms with Crippen LogP contribution in [0.25, 0.3) is 0 Å². The molecule has 0 spiro atoms. The number of nitrogens with one attached hydrogen (secondary N) is 1. The molecule has 2 saturated heterocycles. The second-order valence-corrected chi connectivity index (χ2v) is 10.2. The van der Waals surface area contributed by atoms with Crippen LogP contribution in [0.2, 0.25) is 5.02 Å². The summed E-state index contributed by atoms with van der Waals surface area (Å²) in [5.74, 6) is 2.00. The largest absolute Gasteiger partial charge is 0.493 e. The van der Waals surface area contributed by atoms with Gasteiger partial charge >= 0.3 is 0 Å². The molecule has 2 aliphatic heterocycles. The zero-order chi connectivity index (χ0) is 23.3. The quantitative estimate of drug-likeness (QED) is 0.543. The molecule has 0 aliphatic carbocycles. The van der Waals surface area contributed by atoms with Crippen LogP contribution in [0.1, 0.15) is 36.0 Å². The van der Waals surface area contributed by atoms with E-state index in [1.165, 1.54) is 0 Å². The minimum atomic E-state index is -0.963. The van der Waals surface area contributed by atoms with Crippen molar-refractivity contribution >= 4 is 33.4 Å². The minimum absolute atomic E-state index is 0.0236. The number of piperidine rings is 2. The topological polar surface area (TPSA) is 71.0 Å². The van der Waals surface area contributed by atoms with Crippen molar-refractivity contribution in [2.75, 3.05) is 39.4 Å². The van der Waals surface area contributed by atoms with E-state index in [2.05, 4.69) is 21.2 Å². The monoisotopic (exact) mass is 536 g/mol. The first-order valence-electron chi connectivity index (χ1n) is 11.4. The molecular formula is C25H30BrClN2O4. The molecule has 178 valence electrons. The lowest BCUT2D eigenvalue weighted by Crippen LogP contribution is -2.49. The van der Waals surface area contributed by atoms with Crippen molar-refractivity contribution in [3.05, 3.63) is 57.5 Å². The Kier molecular flexibility index (Phi) is 8.17. The van der Waals surface area contributed by atoms with Crippen LogP contribution in [0, 0.1) is 5.92 Å². The lowest BCUT2D eigenvalue weighted by Gasteiger charge is -2.38. The standard InChI is InChI=1S/C25H30BrClN2O4/c26-22-15-21(5-6-23(22)27)33-17-25(31)9-13-29(14-10-25)24(30)19-1-3-20(4-2-19)32-16-18-7-11-28-12-8-18/h1-6,15,18,28,31H,7-14,16-17H2. The van der Waals surface area contributed by atoms with Crippen LogP contribution in [0.3, 0.4) is 0 Å². The summed E-state index contributed by atoms with van der Waals surface area (Å²) in [6, 6.07) is 12.7. The van der Waals surface area contributed by atoms with Gasteiger partial charge in [-0.3, -0.25) is 4.79 Å². The number of amides is 1. The molecule has 0 bridgehead atoms. The molecule has 2 heterocycles. The van der Waals surface area contributed by atoms with E-state index in [0.29, 0.717) is 54.8 Å². The Balaban J connectivity index is 1.24. The maximum atomic E-state index is 12.9. The third-order valence-corrected chi connectivity index (χ3v) is 7.64. The summed E-state index contributed by atoms with van der Waals surface area (Å²) in [6.07, 6.45) is 3.20. The molecule has 0 radical (unpaired) electrons. The van der Waals surface area contributed by atoms with E-state index in [9.17, 15) is 9.90 Å². The fourth-order valence-corrected chi connectivity index (χ4v) is 4.67. The average Bonchev–Trinajstić information content (AvgIpc) is 2.85. The van der Waals surface area contributed by atoms with Crippen LogP contribution in [0.5, 0.6) is 11.5 Å². The number of carbonyl (C=O) groups is 1. The molecule has 0 unspecified atom stereocenters. The first-order chi connectivity index (χ1) is 15.9. The summed E-state index contributed by atoms with van der Waals surface area (Å²) in [5.41, 5.74) is -0.327. The van der Waals surface area contributed by atoms with E-state index in [1.807, 2.05) is 24.3 Å². The number of likely N-dealkylation sites (tertiary alicyclic amines) is 1. The zero-order valence-corrected chi connectivity index (χ0v) is 20.9. The van der Waals surface area contributed by atoms with Crippen LogP contribution >= 0.6 is 27.5 Å². The minimum Gasteiger partial charge on any atom is -0.493 e.